The van der Waals surface area contributed by atoms with E-state index in [-0.39, 0.29) is 23.5 Å². The second-order valence-electron chi connectivity index (χ2n) is 8.30. The third kappa shape index (κ3) is 6.38. The number of hydrogen-bond donors (Lipinski definition) is 1. The Morgan fingerprint density at radius 3 is 2.56 bits per heavy atom. The molecule has 0 aliphatic rings. The maximum Gasteiger partial charge on any atom is 0.216 e. The zero-order valence-corrected chi connectivity index (χ0v) is 20.7. The summed E-state index contributed by atoms with van der Waals surface area (Å²) in [4.78, 5) is 17.4. The van der Waals surface area contributed by atoms with Crippen molar-refractivity contribution in [1.29, 1.82) is 0 Å². The van der Waals surface area contributed by atoms with Crippen LogP contribution in [0.2, 0.25) is 0 Å². The van der Waals surface area contributed by atoms with Crippen LogP contribution in [-0.2, 0) is 23.6 Å². The summed E-state index contributed by atoms with van der Waals surface area (Å²) in [5.41, 5.74) is 3.87. The predicted octanol–water partition coefficient (Wildman–Crippen LogP) is 4.21. The largest absolute Gasteiger partial charge is 0.289 e. The van der Waals surface area contributed by atoms with Crippen LogP contribution in [0.4, 0.5) is 4.39 Å². The van der Waals surface area contributed by atoms with Crippen LogP contribution >= 0.6 is 0 Å². The van der Waals surface area contributed by atoms with Gasteiger partial charge in [0.1, 0.15) is 5.82 Å². The van der Waals surface area contributed by atoms with E-state index in [0.717, 1.165) is 11.1 Å². The monoisotopic (exact) mass is 504 g/mol. The van der Waals surface area contributed by atoms with Gasteiger partial charge in [-0.15, -0.1) is 0 Å². The van der Waals surface area contributed by atoms with E-state index < -0.39 is 10.0 Å². The molecule has 0 radical (unpaired) electrons. The Balaban J connectivity index is 1.51. The maximum absolute atomic E-state index is 13.0. The molecular weight excluding hydrogens is 479 g/mol. The minimum absolute atomic E-state index is 0.0675. The number of rotatable bonds is 8. The van der Waals surface area contributed by atoms with Gasteiger partial charge >= 0.3 is 0 Å². The molecule has 2 aromatic heterocycles. The second kappa shape index (κ2) is 10.8. The molecule has 0 saturated carbocycles. The first-order chi connectivity index (χ1) is 17.2. The van der Waals surface area contributed by atoms with Crippen LogP contribution in [0, 0.1) is 5.82 Å². The maximum atomic E-state index is 13.0. The molecule has 0 spiro atoms. The molecular formula is C27H25FN4O3S. The fourth-order valence-corrected chi connectivity index (χ4v) is 4.78. The number of sulfonamides is 1. The van der Waals surface area contributed by atoms with E-state index in [0.29, 0.717) is 27.6 Å². The van der Waals surface area contributed by atoms with E-state index in [1.807, 2.05) is 13.2 Å². The van der Waals surface area contributed by atoms with E-state index >= 15 is 0 Å². The molecule has 0 amide bonds. The van der Waals surface area contributed by atoms with Crippen molar-refractivity contribution >= 4 is 27.0 Å². The summed E-state index contributed by atoms with van der Waals surface area (Å²) < 4.78 is 42.3. The number of halogens is 1. The third-order valence-corrected chi connectivity index (χ3v) is 6.88. The van der Waals surface area contributed by atoms with E-state index in [4.69, 9.17) is 0 Å². The molecule has 0 saturated heterocycles. The number of pyridine rings is 1. The van der Waals surface area contributed by atoms with E-state index in [1.165, 1.54) is 30.3 Å². The smallest absolute Gasteiger partial charge is 0.216 e. The van der Waals surface area contributed by atoms with Gasteiger partial charge in [0.15, 0.2) is 5.43 Å². The Kier molecular flexibility index (Phi) is 7.52. The van der Waals surface area contributed by atoms with Crippen LogP contribution in [0.1, 0.15) is 18.1 Å². The lowest BCUT2D eigenvalue weighted by molar-refractivity contribution is 0.583. The molecule has 0 unspecified atom stereocenters. The molecule has 4 rings (SSSR count). The van der Waals surface area contributed by atoms with Gasteiger partial charge in [0.05, 0.1) is 17.5 Å². The highest BCUT2D eigenvalue weighted by Crippen LogP contribution is 2.20. The lowest BCUT2D eigenvalue weighted by atomic mass is 10.1. The highest BCUT2D eigenvalue weighted by molar-refractivity contribution is 7.89. The number of nitrogens with zero attached hydrogens (tertiary/aromatic N) is 3. The van der Waals surface area contributed by atoms with Gasteiger partial charge in [0.25, 0.3) is 0 Å². The summed E-state index contributed by atoms with van der Waals surface area (Å²) in [6, 6.07) is 12.5. The highest BCUT2D eigenvalue weighted by atomic mass is 32.2. The van der Waals surface area contributed by atoms with Crippen LogP contribution in [0.5, 0.6) is 0 Å². The van der Waals surface area contributed by atoms with Gasteiger partial charge in [-0.05, 0) is 54.0 Å². The summed E-state index contributed by atoms with van der Waals surface area (Å²) in [5.74, 6) is -0.612. The molecule has 2 aromatic carbocycles. The average molecular weight is 505 g/mol. The van der Waals surface area contributed by atoms with Gasteiger partial charge in [-0.2, -0.15) is 5.10 Å². The van der Waals surface area contributed by atoms with Crippen molar-refractivity contribution in [2.24, 2.45) is 7.05 Å². The van der Waals surface area contributed by atoms with Crippen molar-refractivity contribution < 1.29 is 12.8 Å². The van der Waals surface area contributed by atoms with Crippen LogP contribution in [0.25, 0.3) is 28.1 Å². The Labute approximate surface area is 208 Å². The number of nitrogens with one attached hydrogen (secondary N) is 1. The molecule has 0 fully saturated rings. The van der Waals surface area contributed by atoms with Crippen LogP contribution in [0.15, 0.2) is 89.6 Å². The predicted molar refractivity (Wildman–Crippen MR) is 140 cm³/mol. The first-order valence-electron chi connectivity index (χ1n) is 11.2. The molecule has 2 heterocycles. The molecule has 7 nitrogen and oxygen atoms in total. The van der Waals surface area contributed by atoms with Crippen molar-refractivity contribution in [1.82, 2.24) is 19.5 Å². The number of aryl methyl sites for hydroxylation is 1. The zero-order valence-electron chi connectivity index (χ0n) is 19.8. The molecule has 0 bridgehead atoms. The van der Waals surface area contributed by atoms with Gasteiger partial charge < -0.3 is 0 Å². The van der Waals surface area contributed by atoms with Gasteiger partial charge in [-0.1, -0.05) is 36.4 Å². The summed E-state index contributed by atoms with van der Waals surface area (Å²) in [5, 5.41) is 4.64. The van der Waals surface area contributed by atoms with Crippen LogP contribution in [0.3, 0.4) is 0 Å². The summed E-state index contributed by atoms with van der Waals surface area (Å²) in [7, 11) is -1.81. The molecule has 0 atom stereocenters. The Hall–Kier alpha value is -3.95. The molecule has 184 valence electrons. The number of aromatic nitrogens is 3. The summed E-state index contributed by atoms with van der Waals surface area (Å²) >= 11 is 0. The molecule has 0 aliphatic carbocycles. The quantitative estimate of drug-likeness (QED) is 0.363. The van der Waals surface area contributed by atoms with Crippen molar-refractivity contribution in [3.8, 4) is 11.1 Å². The van der Waals surface area contributed by atoms with Crippen LogP contribution < -0.4 is 10.2 Å². The molecule has 36 heavy (non-hydrogen) atoms. The van der Waals surface area contributed by atoms with E-state index in [1.54, 1.807) is 60.4 Å². The minimum atomic E-state index is -3.63. The molecule has 4 aromatic rings. The van der Waals surface area contributed by atoms with Crippen molar-refractivity contribution in [3.05, 3.63) is 112 Å². The van der Waals surface area contributed by atoms with Crippen molar-refractivity contribution in [3.63, 3.8) is 0 Å². The molecule has 1 N–H and O–H groups in total. The zero-order chi connectivity index (χ0) is 25.7. The lowest BCUT2D eigenvalue weighted by Crippen LogP contribution is -2.26. The second-order valence-corrected chi connectivity index (χ2v) is 10.1. The fourth-order valence-electron chi connectivity index (χ4n) is 3.59. The topological polar surface area (TPSA) is 93.9 Å². The SMILES string of the molecule is C/C=C(\C=C/c1ccc2ncc(-c3cnn(C)c3)cc2c(=O)c1)CS(=O)(=O)NCc1ccc(F)cc1. The van der Waals surface area contributed by atoms with E-state index in [9.17, 15) is 17.6 Å². The normalized spacial score (nSPS) is 12.5. The Morgan fingerprint density at radius 2 is 1.86 bits per heavy atom. The number of hydrogen-bond acceptors (Lipinski definition) is 5. The highest BCUT2D eigenvalue weighted by Gasteiger charge is 2.12. The summed E-state index contributed by atoms with van der Waals surface area (Å²) in [6.07, 6.45) is 10.3. The lowest BCUT2D eigenvalue weighted by Gasteiger charge is -2.07. The van der Waals surface area contributed by atoms with Crippen molar-refractivity contribution in [2.75, 3.05) is 5.75 Å². The number of benzene rings is 1. The number of fused-ring (bicyclic) bond motifs is 1. The Bertz CT molecular complexity index is 1630. The molecule has 9 heteroatoms. The van der Waals surface area contributed by atoms with E-state index in [2.05, 4.69) is 14.8 Å². The Morgan fingerprint density at radius 1 is 1.08 bits per heavy atom. The van der Waals surface area contributed by atoms with Gasteiger partial charge in [-0.3, -0.25) is 14.5 Å². The van der Waals surface area contributed by atoms with Gasteiger partial charge in [0.2, 0.25) is 10.0 Å². The minimum Gasteiger partial charge on any atom is -0.289 e. The van der Waals surface area contributed by atoms with Crippen molar-refractivity contribution in [2.45, 2.75) is 13.5 Å². The average Bonchev–Trinajstić information content (AvgIpc) is 3.23. The standard InChI is InChI=1S/C27H25FN4O3S/c1-3-19(18-36(34,35)31-14-21-6-9-24(28)10-7-21)4-5-20-8-11-26-25(27(33)12-20)13-22(15-29-26)23-16-30-32(2)17-23/h3-13,15-17,31H,14,18H2,1-2H3/b5-4-,19-3+. The van der Waals surface area contributed by atoms with Gasteiger partial charge in [0, 0.05) is 42.5 Å². The molecule has 0 aliphatic heterocycles. The first kappa shape index (κ1) is 25.2. The fraction of sp³-hybridized carbons (Fsp3) is 0.148. The van der Waals surface area contributed by atoms with Gasteiger partial charge in [-0.25, -0.2) is 17.5 Å². The van der Waals surface area contributed by atoms with Crippen LogP contribution in [-0.4, -0.2) is 28.9 Å². The first-order valence-corrected chi connectivity index (χ1v) is 12.9. The summed E-state index contributed by atoms with van der Waals surface area (Å²) in [6.45, 7) is 1.81. The third-order valence-electron chi connectivity index (χ3n) is 5.58. The number of allylic oxidation sites excluding steroid dienone is 2.